The van der Waals surface area contributed by atoms with Gasteiger partial charge in [0, 0.05) is 13.2 Å². The lowest BCUT2D eigenvalue weighted by Gasteiger charge is -2.10. The molecule has 100 valence electrons. The number of rotatable bonds is 5. The Morgan fingerprint density at radius 1 is 1.44 bits per heavy atom. The summed E-state index contributed by atoms with van der Waals surface area (Å²) in [4.78, 5) is 7.33. The van der Waals surface area contributed by atoms with E-state index in [-0.39, 0.29) is 16.9 Å². The minimum absolute atomic E-state index is 0.0176. The summed E-state index contributed by atoms with van der Waals surface area (Å²) in [5.41, 5.74) is 5.30. The molecule has 0 spiro atoms. The topological polar surface area (TPSA) is 107 Å². The summed E-state index contributed by atoms with van der Waals surface area (Å²) in [6.07, 6.45) is 5.26. The van der Waals surface area contributed by atoms with Crippen LogP contribution >= 0.6 is 0 Å². The van der Waals surface area contributed by atoms with E-state index in [9.17, 15) is 8.42 Å². The van der Waals surface area contributed by atoms with Gasteiger partial charge in [0.15, 0.2) is 0 Å². The average molecular weight is 272 g/mol. The van der Waals surface area contributed by atoms with Gasteiger partial charge in [-0.3, -0.25) is 0 Å². The summed E-state index contributed by atoms with van der Waals surface area (Å²) in [7, 11) is -3.55. The lowest BCUT2D eigenvalue weighted by molar-refractivity contribution is 0.105. The molecule has 1 unspecified atom stereocenters. The number of nitrogens with one attached hydrogen (secondary N) is 1. The van der Waals surface area contributed by atoms with Crippen molar-refractivity contribution in [2.24, 2.45) is 0 Å². The summed E-state index contributed by atoms with van der Waals surface area (Å²) >= 11 is 0. The van der Waals surface area contributed by atoms with Crippen molar-refractivity contribution < 1.29 is 13.2 Å². The summed E-state index contributed by atoms with van der Waals surface area (Å²) in [5, 5.41) is 0. The number of nitrogens with zero attached hydrogens (tertiary/aromatic N) is 2. The van der Waals surface area contributed by atoms with Crippen LogP contribution in [0.2, 0.25) is 0 Å². The molecule has 0 aromatic carbocycles. The van der Waals surface area contributed by atoms with Gasteiger partial charge in [-0.05, 0) is 19.3 Å². The molecule has 0 saturated carbocycles. The Labute approximate surface area is 106 Å². The van der Waals surface area contributed by atoms with Crippen molar-refractivity contribution >= 4 is 16.0 Å². The highest BCUT2D eigenvalue weighted by Crippen LogP contribution is 2.15. The van der Waals surface area contributed by atoms with Gasteiger partial charge in [0.25, 0.3) is 0 Å². The van der Waals surface area contributed by atoms with Crippen LogP contribution in [0.25, 0.3) is 0 Å². The Balaban J connectivity index is 1.88. The van der Waals surface area contributed by atoms with Crippen LogP contribution in [0.15, 0.2) is 17.3 Å². The van der Waals surface area contributed by atoms with E-state index in [4.69, 9.17) is 10.5 Å². The molecule has 1 saturated heterocycles. The third kappa shape index (κ3) is 3.37. The molecule has 0 radical (unpaired) electrons. The van der Waals surface area contributed by atoms with E-state index in [2.05, 4.69) is 14.7 Å². The number of ether oxygens (including phenoxy) is 1. The van der Waals surface area contributed by atoms with Crippen LogP contribution in [0, 0.1) is 0 Å². The van der Waals surface area contributed by atoms with Crippen molar-refractivity contribution in [3.63, 3.8) is 0 Å². The minimum atomic E-state index is -3.55. The van der Waals surface area contributed by atoms with Crippen LogP contribution in [-0.2, 0) is 14.8 Å². The predicted molar refractivity (Wildman–Crippen MR) is 65.2 cm³/mol. The number of aromatic nitrogens is 2. The molecule has 2 rings (SSSR count). The van der Waals surface area contributed by atoms with Gasteiger partial charge in [-0.2, -0.15) is 0 Å². The van der Waals surface area contributed by atoms with Gasteiger partial charge in [-0.25, -0.2) is 23.1 Å². The van der Waals surface area contributed by atoms with Crippen LogP contribution in [-0.4, -0.2) is 37.6 Å². The predicted octanol–water partition coefficient (Wildman–Crippen LogP) is -0.0938. The molecule has 0 amide bonds. The Bertz CT molecular complexity index is 482. The maximum atomic E-state index is 11.8. The smallest absolute Gasteiger partial charge is 0.243 e. The van der Waals surface area contributed by atoms with Crippen LogP contribution in [0.4, 0.5) is 5.95 Å². The van der Waals surface area contributed by atoms with Crippen LogP contribution in [0.5, 0.6) is 0 Å². The van der Waals surface area contributed by atoms with Crippen LogP contribution in [0.1, 0.15) is 19.3 Å². The highest BCUT2D eigenvalue weighted by atomic mass is 32.2. The monoisotopic (exact) mass is 272 g/mol. The molecule has 1 aromatic rings. The fourth-order valence-corrected chi connectivity index (χ4v) is 2.71. The molecule has 1 aliphatic rings. The Hall–Kier alpha value is -1.25. The fraction of sp³-hybridized carbons (Fsp3) is 0.600. The van der Waals surface area contributed by atoms with E-state index >= 15 is 0 Å². The molecule has 3 N–H and O–H groups in total. The van der Waals surface area contributed by atoms with Crippen molar-refractivity contribution in [2.75, 3.05) is 18.9 Å². The normalized spacial score (nSPS) is 20.1. The van der Waals surface area contributed by atoms with Crippen molar-refractivity contribution in [1.29, 1.82) is 0 Å². The van der Waals surface area contributed by atoms with Crippen molar-refractivity contribution in [2.45, 2.75) is 30.3 Å². The number of nitrogen functional groups attached to an aromatic ring is 1. The molecule has 2 heterocycles. The zero-order chi connectivity index (χ0) is 13.0. The molecule has 0 bridgehead atoms. The number of nitrogens with two attached hydrogens (primary N) is 1. The highest BCUT2D eigenvalue weighted by molar-refractivity contribution is 7.89. The molecule has 18 heavy (non-hydrogen) atoms. The first kappa shape index (κ1) is 13.2. The highest BCUT2D eigenvalue weighted by Gasteiger charge is 2.18. The summed E-state index contributed by atoms with van der Waals surface area (Å²) < 4.78 is 31.6. The lowest BCUT2D eigenvalue weighted by atomic mass is 10.2. The van der Waals surface area contributed by atoms with E-state index in [1.54, 1.807) is 0 Å². The molecule has 1 aliphatic heterocycles. The third-order valence-corrected chi connectivity index (χ3v) is 4.16. The fourth-order valence-electron chi connectivity index (χ4n) is 1.77. The van der Waals surface area contributed by atoms with E-state index in [1.165, 1.54) is 12.4 Å². The van der Waals surface area contributed by atoms with E-state index in [1.807, 2.05) is 0 Å². The van der Waals surface area contributed by atoms with Gasteiger partial charge in [-0.15, -0.1) is 0 Å². The molecular weight excluding hydrogens is 256 g/mol. The van der Waals surface area contributed by atoms with Gasteiger partial charge in [-0.1, -0.05) is 0 Å². The first-order valence-electron chi connectivity index (χ1n) is 5.77. The quantitative estimate of drug-likeness (QED) is 0.775. The summed E-state index contributed by atoms with van der Waals surface area (Å²) in [5.74, 6) is 0.0494. The zero-order valence-electron chi connectivity index (χ0n) is 9.87. The summed E-state index contributed by atoms with van der Waals surface area (Å²) in [6.45, 7) is 1.11. The van der Waals surface area contributed by atoms with E-state index in [0.29, 0.717) is 13.0 Å². The minimum Gasteiger partial charge on any atom is -0.378 e. The molecule has 1 fully saturated rings. The summed E-state index contributed by atoms with van der Waals surface area (Å²) in [6, 6.07) is 0. The zero-order valence-corrected chi connectivity index (χ0v) is 10.7. The first-order valence-corrected chi connectivity index (χ1v) is 7.25. The Morgan fingerprint density at radius 2 is 2.17 bits per heavy atom. The maximum absolute atomic E-state index is 11.8. The van der Waals surface area contributed by atoms with E-state index < -0.39 is 10.0 Å². The molecule has 1 aromatic heterocycles. The Morgan fingerprint density at radius 3 is 2.78 bits per heavy atom. The largest absolute Gasteiger partial charge is 0.378 e. The van der Waals surface area contributed by atoms with Gasteiger partial charge in [0.05, 0.1) is 18.5 Å². The SMILES string of the molecule is Nc1ncc(S(=O)(=O)NCCC2CCCO2)cn1. The van der Waals surface area contributed by atoms with Crippen molar-refractivity contribution in [3.05, 3.63) is 12.4 Å². The second-order valence-electron chi connectivity index (χ2n) is 4.10. The standard InChI is InChI=1S/C10H16N4O3S/c11-10-12-6-9(7-13-10)18(15,16)14-4-3-8-2-1-5-17-8/h6-8,14H,1-5H2,(H2,11,12,13). The average Bonchev–Trinajstić information content (AvgIpc) is 2.82. The van der Waals surface area contributed by atoms with E-state index in [0.717, 1.165) is 19.4 Å². The first-order chi connectivity index (χ1) is 8.58. The second kappa shape index (κ2) is 5.59. The van der Waals surface area contributed by atoms with Gasteiger partial charge in [0.1, 0.15) is 4.90 Å². The van der Waals surface area contributed by atoms with Gasteiger partial charge < -0.3 is 10.5 Å². The maximum Gasteiger partial charge on any atom is 0.243 e. The number of hydrogen-bond donors (Lipinski definition) is 2. The van der Waals surface area contributed by atoms with Crippen LogP contribution < -0.4 is 10.5 Å². The molecule has 8 heteroatoms. The molecule has 0 aliphatic carbocycles. The third-order valence-electron chi connectivity index (χ3n) is 2.74. The van der Waals surface area contributed by atoms with Gasteiger partial charge >= 0.3 is 0 Å². The molecule has 1 atom stereocenters. The number of anilines is 1. The van der Waals surface area contributed by atoms with Gasteiger partial charge in [0.2, 0.25) is 16.0 Å². The van der Waals surface area contributed by atoms with Crippen molar-refractivity contribution in [1.82, 2.24) is 14.7 Å². The lowest BCUT2D eigenvalue weighted by Crippen LogP contribution is -2.27. The molecule has 7 nitrogen and oxygen atoms in total. The number of hydrogen-bond acceptors (Lipinski definition) is 6. The Kier molecular flexibility index (Phi) is 4.10. The van der Waals surface area contributed by atoms with Crippen LogP contribution in [0.3, 0.4) is 0 Å². The number of sulfonamides is 1. The molecular formula is C10H16N4O3S. The van der Waals surface area contributed by atoms with Crippen molar-refractivity contribution in [3.8, 4) is 0 Å². The second-order valence-corrected chi connectivity index (χ2v) is 5.87.